The molecule has 3 heteroatoms. The number of rotatable bonds is 9. The Morgan fingerprint density at radius 1 is 0.288 bits per heavy atom. The van der Waals surface area contributed by atoms with E-state index in [1.165, 1.54) is 64.5 Å². The van der Waals surface area contributed by atoms with Crippen molar-refractivity contribution in [1.29, 1.82) is 0 Å². The average molecular weight is 872 g/mol. The van der Waals surface area contributed by atoms with Crippen LogP contribution in [0.4, 0.5) is 0 Å². The summed E-state index contributed by atoms with van der Waals surface area (Å²) < 4.78 is 0. The van der Waals surface area contributed by atoms with Gasteiger partial charge < -0.3 is 0 Å². The molecule has 0 amide bonds. The van der Waals surface area contributed by atoms with Gasteiger partial charge >= 0.3 is 26.2 Å². The van der Waals surface area contributed by atoms with E-state index in [1.807, 2.05) is 0 Å². The first-order valence-electron chi connectivity index (χ1n) is 20.0. The first-order chi connectivity index (χ1) is 28.8. The summed E-state index contributed by atoms with van der Waals surface area (Å²) in [5.41, 5.74) is 2.83. The molecule has 0 spiro atoms. The van der Waals surface area contributed by atoms with E-state index >= 15 is 0 Å². The summed E-state index contributed by atoms with van der Waals surface area (Å²) in [6.45, 7) is 0. The van der Waals surface area contributed by atoms with Crippen molar-refractivity contribution in [2.75, 3.05) is 0 Å². The summed E-state index contributed by atoms with van der Waals surface area (Å²) in [6.07, 6.45) is 2.26. The van der Waals surface area contributed by atoms with Crippen LogP contribution >= 0.6 is 15.8 Å². The van der Waals surface area contributed by atoms with E-state index in [4.69, 9.17) is 0 Å². The van der Waals surface area contributed by atoms with Gasteiger partial charge in [-0.3, -0.25) is 0 Å². The predicted molar refractivity (Wildman–Crippen MR) is 257 cm³/mol. The van der Waals surface area contributed by atoms with Crippen LogP contribution in [0, 0.1) is 0 Å². The maximum atomic E-state index is 2.35. The molecule has 10 rings (SSSR count). The molecular formula is C56H46P2Zr. The molecule has 0 fully saturated rings. The number of hydrogen-bond acceptors (Lipinski definition) is 0. The van der Waals surface area contributed by atoms with Crippen LogP contribution in [-0.4, -0.2) is 0 Å². The van der Waals surface area contributed by atoms with Gasteiger partial charge in [0.25, 0.3) is 0 Å². The SMILES string of the molecule is [Zr+2].c1ccc(CCc2ccccc2)cc1.c1ccc(P(c2ccccc2)c2cc3ccccc3[cH-]2)cc1.c1ccc(P(c2ccccc2)c2cc3ccccc3[cH-]2)cc1. The fraction of sp³-hybridized carbons (Fsp3) is 0.0357. The summed E-state index contributed by atoms with van der Waals surface area (Å²) >= 11 is 0. The molecule has 0 saturated heterocycles. The van der Waals surface area contributed by atoms with E-state index in [0.29, 0.717) is 0 Å². The average Bonchev–Trinajstić information content (AvgIpc) is 3.93. The van der Waals surface area contributed by atoms with Crippen molar-refractivity contribution in [3.8, 4) is 0 Å². The standard InChI is InChI=1S/2C21H16P.C14H14.Zr/c2*1-3-11-19(12-4-1)22(20-13-5-2-6-14-20)21-15-17-9-7-8-10-18(17)16-21;1-3-7-13(8-4-1)11-12-14-9-5-2-6-10-14;/h2*1-16H;1-10H,11-12H2;/q2*-1;;+2. The topological polar surface area (TPSA) is 0 Å². The third kappa shape index (κ3) is 11.3. The van der Waals surface area contributed by atoms with Gasteiger partial charge in [0.2, 0.25) is 0 Å². The van der Waals surface area contributed by atoms with E-state index in [0.717, 1.165) is 12.8 Å². The van der Waals surface area contributed by atoms with Gasteiger partial charge in [-0.15, -0.1) is 80.7 Å². The van der Waals surface area contributed by atoms with Crippen molar-refractivity contribution >= 4 is 69.2 Å². The van der Waals surface area contributed by atoms with Gasteiger partial charge in [-0.2, -0.15) is 12.1 Å². The van der Waals surface area contributed by atoms with E-state index in [-0.39, 0.29) is 26.2 Å². The fourth-order valence-corrected chi connectivity index (χ4v) is 12.0. The van der Waals surface area contributed by atoms with Crippen molar-refractivity contribution in [1.82, 2.24) is 0 Å². The minimum absolute atomic E-state index is 0. The smallest absolute Gasteiger partial charge is 0.160 e. The number of benzene rings is 8. The summed E-state index contributed by atoms with van der Waals surface area (Å²) in [7, 11) is -0.986. The zero-order chi connectivity index (χ0) is 39.2. The van der Waals surface area contributed by atoms with Crippen LogP contribution in [0.25, 0.3) is 21.5 Å². The Morgan fingerprint density at radius 2 is 0.542 bits per heavy atom. The Balaban J connectivity index is 0.000000137. The van der Waals surface area contributed by atoms with Gasteiger partial charge in [0.15, 0.2) is 0 Å². The fourth-order valence-electron chi connectivity index (χ4n) is 7.31. The summed E-state index contributed by atoms with van der Waals surface area (Å²) in [4.78, 5) is 0. The first kappa shape index (κ1) is 41.9. The second kappa shape index (κ2) is 21.6. The van der Waals surface area contributed by atoms with Crippen LogP contribution in [0.3, 0.4) is 0 Å². The molecule has 0 nitrogen and oxygen atoms in total. The Hall–Kier alpha value is -5.28. The van der Waals surface area contributed by atoms with Gasteiger partial charge in [-0.1, -0.05) is 194 Å². The summed E-state index contributed by atoms with van der Waals surface area (Å²) in [5, 5.41) is 13.8. The Labute approximate surface area is 371 Å². The van der Waals surface area contributed by atoms with Crippen LogP contribution in [0.2, 0.25) is 0 Å². The minimum atomic E-state index is -0.493. The quantitative estimate of drug-likeness (QED) is 0.100. The van der Waals surface area contributed by atoms with Gasteiger partial charge in [-0.05, 0) is 61.0 Å². The molecule has 0 heterocycles. The molecule has 10 aromatic rings. The zero-order valence-electron chi connectivity index (χ0n) is 33.1. The second-order valence-corrected chi connectivity index (χ2v) is 18.6. The number of aryl methyl sites for hydroxylation is 2. The van der Waals surface area contributed by atoms with Crippen molar-refractivity contribution in [3.05, 3.63) is 266 Å². The Morgan fingerprint density at radius 3 is 0.831 bits per heavy atom. The van der Waals surface area contributed by atoms with Gasteiger partial charge in [0.1, 0.15) is 0 Å². The van der Waals surface area contributed by atoms with Gasteiger partial charge in [0, 0.05) is 0 Å². The zero-order valence-corrected chi connectivity index (χ0v) is 37.3. The number of fused-ring (bicyclic) bond motifs is 2. The maximum Gasteiger partial charge on any atom is 2.00 e. The van der Waals surface area contributed by atoms with Crippen LogP contribution in [0.15, 0.2) is 255 Å². The molecule has 0 unspecified atom stereocenters. The van der Waals surface area contributed by atoms with Crippen molar-refractivity contribution in [2.24, 2.45) is 0 Å². The van der Waals surface area contributed by atoms with Crippen LogP contribution in [-0.2, 0) is 39.0 Å². The molecule has 0 radical (unpaired) electrons. The monoisotopic (exact) mass is 870 g/mol. The van der Waals surface area contributed by atoms with E-state index in [2.05, 4.69) is 255 Å². The molecule has 0 atom stereocenters. The molecule has 59 heavy (non-hydrogen) atoms. The largest absolute Gasteiger partial charge is 2.00 e. The van der Waals surface area contributed by atoms with E-state index in [1.54, 1.807) is 0 Å². The molecule has 0 N–H and O–H groups in total. The minimum Gasteiger partial charge on any atom is -0.160 e. The molecule has 0 aliphatic rings. The van der Waals surface area contributed by atoms with Crippen LogP contribution < -0.4 is 31.8 Å². The second-order valence-electron chi connectivity index (χ2n) is 14.2. The van der Waals surface area contributed by atoms with Gasteiger partial charge in [0.05, 0.1) is 0 Å². The normalized spacial score (nSPS) is 10.7. The Bertz CT molecular complexity index is 2370. The summed E-state index contributed by atoms with van der Waals surface area (Å²) in [6, 6.07) is 91.3. The molecule has 0 aliphatic carbocycles. The van der Waals surface area contributed by atoms with E-state index < -0.39 is 15.8 Å². The molecule has 0 aromatic heterocycles. The molecule has 0 bridgehead atoms. The third-order valence-electron chi connectivity index (χ3n) is 10.2. The van der Waals surface area contributed by atoms with Crippen molar-refractivity contribution in [3.63, 3.8) is 0 Å². The molecule has 0 saturated carbocycles. The first-order valence-corrected chi connectivity index (χ1v) is 22.7. The number of hydrogen-bond donors (Lipinski definition) is 0. The summed E-state index contributed by atoms with van der Waals surface area (Å²) in [5.74, 6) is 0. The molecule has 0 aliphatic heterocycles. The maximum absolute atomic E-state index is 2.35. The third-order valence-corrected chi connectivity index (χ3v) is 15.0. The van der Waals surface area contributed by atoms with Crippen molar-refractivity contribution in [2.45, 2.75) is 12.8 Å². The predicted octanol–water partition coefficient (Wildman–Crippen LogP) is 12.1. The Kier molecular flexibility index (Phi) is 15.4. The van der Waals surface area contributed by atoms with Crippen molar-refractivity contribution < 1.29 is 26.2 Å². The molecular weight excluding hydrogens is 826 g/mol. The molecule has 284 valence electrons. The van der Waals surface area contributed by atoms with Gasteiger partial charge in [-0.25, -0.2) is 0 Å². The van der Waals surface area contributed by atoms with E-state index in [9.17, 15) is 0 Å². The molecule has 10 aromatic carbocycles. The van der Waals surface area contributed by atoms with Crippen LogP contribution in [0.5, 0.6) is 0 Å². The van der Waals surface area contributed by atoms with Crippen LogP contribution in [0.1, 0.15) is 11.1 Å².